The highest BCUT2D eigenvalue weighted by atomic mass is 32.2. The zero-order chi connectivity index (χ0) is 19.3. The molecule has 144 valence electrons. The van der Waals surface area contributed by atoms with Crippen molar-refractivity contribution < 1.29 is 14.4 Å². The fourth-order valence-corrected chi connectivity index (χ4v) is 5.38. The van der Waals surface area contributed by atoms with E-state index < -0.39 is 17.4 Å². The van der Waals surface area contributed by atoms with Crippen molar-refractivity contribution in [2.24, 2.45) is 11.8 Å². The first-order chi connectivity index (χ1) is 13.0. The monoisotopic (exact) mass is 387 g/mol. The highest BCUT2D eigenvalue weighted by molar-refractivity contribution is 7.98. The average Bonchev–Trinajstić information content (AvgIpc) is 3.24. The summed E-state index contributed by atoms with van der Waals surface area (Å²) >= 11 is 1.70. The van der Waals surface area contributed by atoms with Crippen LogP contribution in [0, 0.1) is 11.8 Å². The molecule has 0 unspecified atom stereocenters. The molecule has 0 saturated carbocycles. The number of nitrogens with zero attached hydrogens (tertiary/aromatic N) is 1. The second-order valence-electron chi connectivity index (χ2n) is 7.65. The number of imide groups is 1. The van der Waals surface area contributed by atoms with Crippen molar-refractivity contribution >= 4 is 35.2 Å². The van der Waals surface area contributed by atoms with Gasteiger partial charge < -0.3 is 5.32 Å². The van der Waals surface area contributed by atoms with Gasteiger partial charge in [-0.2, -0.15) is 11.8 Å². The number of fused-ring (bicyclic) bond motifs is 4. The third-order valence-electron chi connectivity index (χ3n) is 6.32. The van der Waals surface area contributed by atoms with E-state index in [1.54, 1.807) is 11.8 Å². The Morgan fingerprint density at radius 1 is 1.22 bits per heavy atom. The summed E-state index contributed by atoms with van der Waals surface area (Å²) in [7, 11) is 0. The van der Waals surface area contributed by atoms with E-state index in [4.69, 9.17) is 0 Å². The van der Waals surface area contributed by atoms with Gasteiger partial charge in [0.2, 0.25) is 17.7 Å². The average molecular weight is 388 g/mol. The highest BCUT2D eigenvalue weighted by Crippen LogP contribution is 2.53. The predicted octanol–water partition coefficient (Wildman–Crippen LogP) is 1.96. The quantitative estimate of drug-likeness (QED) is 0.755. The van der Waals surface area contributed by atoms with Gasteiger partial charge in [0.25, 0.3) is 0 Å². The van der Waals surface area contributed by atoms with E-state index in [9.17, 15) is 14.4 Å². The van der Waals surface area contributed by atoms with Crippen LogP contribution in [0.3, 0.4) is 0 Å². The Morgan fingerprint density at radius 2 is 1.96 bits per heavy atom. The number of benzene rings is 1. The number of anilines is 1. The number of amides is 3. The molecule has 0 aliphatic carbocycles. The molecule has 2 N–H and O–H groups in total. The van der Waals surface area contributed by atoms with Crippen LogP contribution >= 0.6 is 11.8 Å². The van der Waals surface area contributed by atoms with E-state index in [0.717, 1.165) is 23.4 Å². The normalized spacial score (nSPS) is 32.8. The number of likely N-dealkylation sites (tertiary alicyclic amines) is 1. The summed E-state index contributed by atoms with van der Waals surface area (Å²) in [6, 6.07) is 7.13. The third-order valence-corrected chi connectivity index (χ3v) is 6.97. The maximum absolute atomic E-state index is 13.4. The van der Waals surface area contributed by atoms with Gasteiger partial charge in [0, 0.05) is 23.3 Å². The number of hydrogen-bond donors (Lipinski definition) is 2. The molecule has 1 spiro atoms. The Labute approximate surface area is 163 Å². The molecule has 3 heterocycles. The SMILES string of the molecule is CC[C@H](C)N1C(=O)[C@H]2[C@@H](C1=O)[C@@]1(N[C@@H]2CCSC)C(=O)Nc2ccccc21. The van der Waals surface area contributed by atoms with Crippen LogP contribution in [-0.4, -0.2) is 46.7 Å². The Bertz CT molecular complexity index is 813. The fourth-order valence-electron chi connectivity index (χ4n) is 4.89. The van der Waals surface area contributed by atoms with E-state index in [-0.39, 0.29) is 29.8 Å². The fraction of sp³-hybridized carbons (Fsp3) is 0.550. The Kier molecular flexibility index (Phi) is 4.55. The molecule has 3 aliphatic rings. The molecule has 2 saturated heterocycles. The molecule has 27 heavy (non-hydrogen) atoms. The highest BCUT2D eigenvalue weighted by Gasteiger charge is 2.70. The van der Waals surface area contributed by atoms with Crippen LogP contribution in [0.15, 0.2) is 24.3 Å². The summed E-state index contributed by atoms with van der Waals surface area (Å²) in [5.74, 6) is -0.884. The van der Waals surface area contributed by atoms with Gasteiger partial charge in [-0.15, -0.1) is 0 Å². The Balaban J connectivity index is 1.84. The van der Waals surface area contributed by atoms with E-state index in [2.05, 4.69) is 10.6 Å². The molecule has 0 aromatic heterocycles. The number of para-hydroxylation sites is 1. The molecule has 1 aromatic rings. The van der Waals surface area contributed by atoms with Gasteiger partial charge in [-0.1, -0.05) is 25.1 Å². The number of thioether (sulfide) groups is 1. The first-order valence-corrected chi connectivity index (χ1v) is 10.9. The summed E-state index contributed by atoms with van der Waals surface area (Å²) in [5.41, 5.74) is 0.351. The van der Waals surface area contributed by atoms with Crippen LogP contribution in [-0.2, 0) is 19.9 Å². The summed E-state index contributed by atoms with van der Waals surface area (Å²) in [6.07, 6.45) is 3.47. The second kappa shape index (κ2) is 6.63. The summed E-state index contributed by atoms with van der Waals surface area (Å²) in [4.78, 5) is 41.2. The molecule has 3 aliphatic heterocycles. The number of hydrogen-bond acceptors (Lipinski definition) is 5. The lowest BCUT2D eigenvalue weighted by atomic mass is 9.76. The molecular weight excluding hydrogens is 362 g/mol. The van der Waals surface area contributed by atoms with E-state index in [1.165, 1.54) is 4.90 Å². The second-order valence-corrected chi connectivity index (χ2v) is 8.63. The van der Waals surface area contributed by atoms with Crippen molar-refractivity contribution in [3.05, 3.63) is 29.8 Å². The van der Waals surface area contributed by atoms with Gasteiger partial charge in [0.15, 0.2) is 0 Å². The van der Waals surface area contributed by atoms with Gasteiger partial charge >= 0.3 is 0 Å². The standard InChI is InChI=1S/C20H25N3O3S/c1-4-11(2)23-17(24)15-14(9-10-27-3)22-20(16(15)18(23)25)12-7-5-6-8-13(12)21-19(20)26/h5-8,11,14-16,22H,4,9-10H2,1-3H3,(H,21,26)/t11-,14+,15+,16-,20+/m0/s1. The first kappa shape index (κ1) is 18.5. The van der Waals surface area contributed by atoms with Crippen LogP contribution in [0.4, 0.5) is 5.69 Å². The molecule has 6 nitrogen and oxygen atoms in total. The van der Waals surface area contributed by atoms with Gasteiger partial charge in [-0.3, -0.25) is 24.6 Å². The number of nitrogens with one attached hydrogen (secondary N) is 2. The van der Waals surface area contributed by atoms with Crippen molar-refractivity contribution in [1.29, 1.82) is 0 Å². The minimum Gasteiger partial charge on any atom is -0.324 e. The summed E-state index contributed by atoms with van der Waals surface area (Å²) in [5, 5.41) is 6.38. The number of carbonyl (C=O) groups excluding carboxylic acids is 3. The summed E-state index contributed by atoms with van der Waals surface area (Å²) < 4.78 is 0. The maximum Gasteiger partial charge on any atom is 0.250 e. The van der Waals surface area contributed by atoms with Crippen LogP contribution in [0.25, 0.3) is 0 Å². The van der Waals surface area contributed by atoms with Crippen molar-refractivity contribution in [3.63, 3.8) is 0 Å². The van der Waals surface area contributed by atoms with Crippen LogP contribution < -0.4 is 10.6 Å². The van der Waals surface area contributed by atoms with Crippen molar-refractivity contribution in [3.8, 4) is 0 Å². The van der Waals surface area contributed by atoms with E-state index >= 15 is 0 Å². The zero-order valence-electron chi connectivity index (χ0n) is 15.8. The number of carbonyl (C=O) groups is 3. The van der Waals surface area contributed by atoms with Crippen LogP contribution in [0.5, 0.6) is 0 Å². The van der Waals surface area contributed by atoms with E-state index in [1.807, 2.05) is 44.4 Å². The minimum absolute atomic E-state index is 0.132. The Morgan fingerprint density at radius 3 is 2.67 bits per heavy atom. The van der Waals surface area contributed by atoms with Crippen molar-refractivity contribution in [2.75, 3.05) is 17.3 Å². The molecule has 5 atom stereocenters. The molecular formula is C20H25N3O3S. The molecule has 3 amide bonds. The molecule has 7 heteroatoms. The van der Waals surface area contributed by atoms with Gasteiger partial charge in [0.05, 0.1) is 11.8 Å². The van der Waals surface area contributed by atoms with Crippen molar-refractivity contribution in [1.82, 2.24) is 10.2 Å². The maximum atomic E-state index is 13.4. The molecule has 0 radical (unpaired) electrons. The molecule has 2 fully saturated rings. The van der Waals surface area contributed by atoms with Crippen molar-refractivity contribution in [2.45, 2.75) is 44.3 Å². The lowest BCUT2D eigenvalue weighted by Crippen LogP contribution is -2.54. The first-order valence-electron chi connectivity index (χ1n) is 9.51. The largest absolute Gasteiger partial charge is 0.324 e. The van der Waals surface area contributed by atoms with Gasteiger partial charge in [0.1, 0.15) is 5.54 Å². The third kappa shape index (κ3) is 2.41. The molecule has 0 bridgehead atoms. The van der Waals surface area contributed by atoms with Gasteiger partial charge in [-0.25, -0.2) is 0 Å². The minimum atomic E-state index is -1.15. The Hall–Kier alpha value is -1.86. The smallest absolute Gasteiger partial charge is 0.250 e. The molecule has 1 aromatic carbocycles. The lowest BCUT2D eigenvalue weighted by molar-refractivity contribution is -0.145. The van der Waals surface area contributed by atoms with Crippen LogP contribution in [0.2, 0.25) is 0 Å². The van der Waals surface area contributed by atoms with Crippen LogP contribution in [0.1, 0.15) is 32.3 Å². The summed E-state index contributed by atoms with van der Waals surface area (Å²) in [6.45, 7) is 3.87. The number of rotatable bonds is 5. The topological polar surface area (TPSA) is 78.5 Å². The van der Waals surface area contributed by atoms with E-state index in [0.29, 0.717) is 6.42 Å². The molecule has 4 rings (SSSR count). The lowest BCUT2D eigenvalue weighted by Gasteiger charge is -2.31. The zero-order valence-corrected chi connectivity index (χ0v) is 16.6. The van der Waals surface area contributed by atoms with Gasteiger partial charge in [-0.05, 0) is 37.8 Å². The predicted molar refractivity (Wildman–Crippen MR) is 105 cm³/mol.